The Balaban J connectivity index is 1.51. The molecule has 0 saturated carbocycles. The molecule has 2 heterocycles. The Kier molecular flexibility index (Phi) is 4.88. The third-order valence-corrected chi connectivity index (χ3v) is 6.33. The van der Waals surface area contributed by atoms with E-state index in [1.165, 1.54) is 33.5 Å². The number of sulfonamides is 1. The maximum Gasteiger partial charge on any atom is 0.343 e. The molecule has 10 heteroatoms. The number of hydrogen-bond donors (Lipinski definition) is 0. The fourth-order valence-electron chi connectivity index (χ4n) is 2.97. The molecule has 0 amide bonds. The number of rotatable bonds is 5. The van der Waals surface area contributed by atoms with E-state index in [9.17, 15) is 13.2 Å². The topological polar surface area (TPSA) is 107 Å². The van der Waals surface area contributed by atoms with Crippen molar-refractivity contribution in [1.82, 2.24) is 24.5 Å². The average Bonchev–Trinajstić information content (AvgIpc) is 3.43. The Morgan fingerprint density at radius 3 is 2.46 bits per heavy atom. The summed E-state index contributed by atoms with van der Waals surface area (Å²) in [4.78, 5) is 12.6. The van der Waals surface area contributed by atoms with E-state index in [1.54, 1.807) is 30.3 Å². The highest BCUT2D eigenvalue weighted by Crippen LogP contribution is 2.22. The third-order valence-electron chi connectivity index (χ3n) is 4.43. The van der Waals surface area contributed by atoms with Gasteiger partial charge in [-0.2, -0.15) is 4.31 Å². The molecule has 1 aliphatic rings. The van der Waals surface area contributed by atoms with Crippen molar-refractivity contribution >= 4 is 16.0 Å². The quantitative estimate of drug-likeness (QED) is 0.474. The summed E-state index contributed by atoms with van der Waals surface area (Å²) < 4.78 is 33.6. The van der Waals surface area contributed by atoms with Crippen molar-refractivity contribution in [1.29, 1.82) is 0 Å². The number of nitrogens with zero attached hydrogens (tertiary/aromatic N) is 5. The summed E-state index contributed by atoms with van der Waals surface area (Å²) in [6, 6.07) is 12.5. The molecule has 0 spiro atoms. The molecule has 0 unspecified atom stereocenters. The first-order valence-corrected chi connectivity index (χ1v) is 10.1. The van der Waals surface area contributed by atoms with Crippen LogP contribution in [0.1, 0.15) is 23.2 Å². The van der Waals surface area contributed by atoms with Gasteiger partial charge in [-0.05, 0) is 65.7 Å². The van der Waals surface area contributed by atoms with Gasteiger partial charge in [-0.15, -0.1) is 5.10 Å². The number of aromatic nitrogens is 4. The van der Waals surface area contributed by atoms with Crippen LogP contribution in [0.2, 0.25) is 0 Å². The molecular formula is C18H17N5O4S. The molecule has 9 nitrogen and oxygen atoms in total. The smallest absolute Gasteiger partial charge is 0.343 e. The van der Waals surface area contributed by atoms with Gasteiger partial charge in [0.2, 0.25) is 10.0 Å². The van der Waals surface area contributed by atoms with Gasteiger partial charge in [0.1, 0.15) is 12.1 Å². The predicted octanol–water partition coefficient (Wildman–Crippen LogP) is 1.67. The number of carbonyl (C=O) groups is 1. The third kappa shape index (κ3) is 3.64. The van der Waals surface area contributed by atoms with Crippen LogP contribution in [0.3, 0.4) is 0 Å². The summed E-state index contributed by atoms with van der Waals surface area (Å²) >= 11 is 0. The number of benzene rings is 2. The van der Waals surface area contributed by atoms with Gasteiger partial charge < -0.3 is 4.74 Å². The van der Waals surface area contributed by atoms with Crippen molar-refractivity contribution < 1.29 is 17.9 Å². The largest absolute Gasteiger partial charge is 0.423 e. The molecule has 2 aromatic carbocycles. The number of hydrogen-bond acceptors (Lipinski definition) is 7. The number of tetrazole rings is 1. The molecule has 28 heavy (non-hydrogen) atoms. The Labute approximate surface area is 161 Å². The molecule has 0 bridgehead atoms. The second-order valence-electron chi connectivity index (χ2n) is 6.28. The van der Waals surface area contributed by atoms with Gasteiger partial charge in [-0.3, -0.25) is 0 Å². The van der Waals surface area contributed by atoms with E-state index < -0.39 is 16.0 Å². The Morgan fingerprint density at radius 2 is 1.79 bits per heavy atom. The highest BCUT2D eigenvalue weighted by atomic mass is 32.2. The monoisotopic (exact) mass is 399 g/mol. The highest BCUT2D eigenvalue weighted by Gasteiger charge is 2.27. The van der Waals surface area contributed by atoms with Crippen molar-refractivity contribution in [2.75, 3.05) is 13.1 Å². The molecule has 4 rings (SSSR count). The first kappa shape index (κ1) is 18.3. The van der Waals surface area contributed by atoms with Crippen LogP contribution < -0.4 is 4.74 Å². The zero-order valence-electron chi connectivity index (χ0n) is 14.8. The standard InChI is InChI=1S/C18H17N5O4S/c24-18(27-16-8-6-15(7-9-16)23-13-19-20-21-23)14-4-3-5-17(12-14)28(25,26)22-10-1-2-11-22/h3-9,12-13H,1-2,10-11H2. The Hall–Kier alpha value is -3.11. The van der Waals surface area contributed by atoms with Gasteiger partial charge in [-0.25, -0.2) is 17.9 Å². The van der Waals surface area contributed by atoms with Crippen LogP contribution in [-0.2, 0) is 10.0 Å². The molecule has 1 aliphatic heterocycles. The number of ether oxygens (including phenoxy) is 1. The SMILES string of the molecule is O=C(Oc1ccc(-n2cnnn2)cc1)c1cccc(S(=O)(=O)N2CCCC2)c1. The lowest BCUT2D eigenvalue weighted by Gasteiger charge is -2.15. The Bertz CT molecular complexity index is 1080. The second kappa shape index (κ2) is 7.49. The zero-order valence-corrected chi connectivity index (χ0v) is 15.6. The molecule has 1 fully saturated rings. The van der Waals surface area contributed by atoms with Crippen LogP contribution in [-0.4, -0.2) is 52.0 Å². The lowest BCUT2D eigenvalue weighted by molar-refractivity contribution is 0.0734. The molecule has 3 aromatic rings. The van der Waals surface area contributed by atoms with E-state index in [2.05, 4.69) is 15.5 Å². The predicted molar refractivity (Wildman–Crippen MR) is 98.5 cm³/mol. The van der Waals surface area contributed by atoms with Crippen LogP contribution in [0.4, 0.5) is 0 Å². The van der Waals surface area contributed by atoms with Gasteiger partial charge in [0.25, 0.3) is 0 Å². The molecule has 1 aromatic heterocycles. The average molecular weight is 399 g/mol. The maximum absolute atomic E-state index is 12.7. The molecule has 0 N–H and O–H groups in total. The van der Waals surface area contributed by atoms with E-state index in [0.29, 0.717) is 24.5 Å². The lowest BCUT2D eigenvalue weighted by atomic mass is 10.2. The molecule has 144 valence electrons. The minimum absolute atomic E-state index is 0.0953. The zero-order chi connectivity index (χ0) is 19.6. The van der Waals surface area contributed by atoms with Gasteiger partial charge >= 0.3 is 5.97 Å². The van der Waals surface area contributed by atoms with E-state index in [1.807, 2.05) is 0 Å². The van der Waals surface area contributed by atoms with Crippen LogP contribution in [0.15, 0.2) is 59.8 Å². The fourth-order valence-corrected chi connectivity index (χ4v) is 4.54. The first-order valence-electron chi connectivity index (χ1n) is 8.70. The molecule has 1 saturated heterocycles. The second-order valence-corrected chi connectivity index (χ2v) is 8.21. The number of esters is 1. The normalized spacial score (nSPS) is 14.9. The van der Waals surface area contributed by atoms with Gasteiger partial charge in [0.05, 0.1) is 16.1 Å². The first-order chi connectivity index (χ1) is 13.5. The Morgan fingerprint density at radius 1 is 1.04 bits per heavy atom. The number of carbonyl (C=O) groups excluding carboxylic acids is 1. The molecular weight excluding hydrogens is 382 g/mol. The van der Waals surface area contributed by atoms with Crippen molar-refractivity contribution in [3.05, 3.63) is 60.4 Å². The van der Waals surface area contributed by atoms with Gasteiger partial charge in [-0.1, -0.05) is 6.07 Å². The van der Waals surface area contributed by atoms with Crippen LogP contribution in [0.5, 0.6) is 5.75 Å². The van der Waals surface area contributed by atoms with E-state index >= 15 is 0 Å². The van der Waals surface area contributed by atoms with Crippen LogP contribution in [0.25, 0.3) is 5.69 Å². The summed E-state index contributed by atoms with van der Waals surface area (Å²) in [5.41, 5.74) is 0.883. The minimum Gasteiger partial charge on any atom is -0.423 e. The molecule has 0 aliphatic carbocycles. The highest BCUT2D eigenvalue weighted by molar-refractivity contribution is 7.89. The summed E-state index contributed by atoms with van der Waals surface area (Å²) in [5, 5.41) is 10.9. The molecule has 0 radical (unpaired) electrons. The van der Waals surface area contributed by atoms with Gasteiger partial charge in [0.15, 0.2) is 0 Å². The summed E-state index contributed by atoms with van der Waals surface area (Å²) in [6.07, 6.45) is 3.15. The minimum atomic E-state index is -3.59. The van der Waals surface area contributed by atoms with Crippen LogP contribution in [0, 0.1) is 0 Å². The van der Waals surface area contributed by atoms with Crippen LogP contribution >= 0.6 is 0 Å². The summed E-state index contributed by atoms with van der Waals surface area (Å²) in [7, 11) is -3.59. The van der Waals surface area contributed by atoms with Gasteiger partial charge in [0, 0.05) is 13.1 Å². The lowest BCUT2D eigenvalue weighted by Crippen LogP contribution is -2.28. The van der Waals surface area contributed by atoms with Crippen molar-refractivity contribution in [2.24, 2.45) is 0 Å². The van der Waals surface area contributed by atoms with Crippen molar-refractivity contribution in [2.45, 2.75) is 17.7 Å². The van der Waals surface area contributed by atoms with E-state index in [-0.39, 0.29) is 10.5 Å². The van der Waals surface area contributed by atoms with Crippen molar-refractivity contribution in [3.8, 4) is 11.4 Å². The summed E-state index contributed by atoms with van der Waals surface area (Å²) in [5.74, 6) is -0.303. The van der Waals surface area contributed by atoms with E-state index in [0.717, 1.165) is 12.8 Å². The summed E-state index contributed by atoms with van der Waals surface area (Å²) in [6.45, 7) is 1.01. The maximum atomic E-state index is 12.7. The van der Waals surface area contributed by atoms with Crippen molar-refractivity contribution in [3.63, 3.8) is 0 Å². The molecule has 0 atom stereocenters. The fraction of sp³-hybridized carbons (Fsp3) is 0.222. The van der Waals surface area contributed by atoms with E-state index in [4.69, 9.17) is 4.74 Å².